The highest BCUT2D eigenvalue weighted by Crippen LogP contribution is 2.36. The Labute approximate surface area is 296 Å². The number of carbonyl (C=O) groups excluding carboxylic acids is 2. The van der Waals surface area contributed by atoms with E-state index in [9.17, 15) is 19.5 Å². The molecule has 50 heavy (non-hydrogen) atoms. The van der Waals surface area contributed by atoms with Gasteiger partial charge in [-0.1, -0.05) is 35.8 Å². The van der Waals surface area contributed by atoms with Crippen molar-refractivity contribution >= 4 is 35.3 Å². The van der Waals surface area contributed by atoms with Crippen LogP contribution in [0.2, 0.25) is 5.02 Å². The molecule has 2 atom stereocenters. The van der Waals surface area contributed by atoms with E-state index >= 15 is 0 Å². The van der Waals surface area contributed by atoms with Crippen LogP contribution in [-0.4, -0.2) is 86.8 Å². The minimum atomic E-state index is -1.05. The van der Waals surface area contributed by atoms with Crippen LogP contribution >= 0.6 is 11.6 Å². The fraction of sp³-hybridized carbons (Fsp3) is 0.389. The SMILES string of the molecule is CCON=C1CN(C(=O)N[C@H](CC)c2ccc(C(=O)O)cc2)C(=O)[C@H](Cc2cc(Cl)ccc2OC)CN1Cc1c(OC)cc(OC)cc1OC. The summed E-state index contributed by atoms with van der Waals surface area (Å²) in [6.07, 6.45) is 0.669. The summed E-state index contributed by atoms with van der Waals surface area (Å²) < 4.78 is 22.5. The van der Waals surface area contributed by atoms with Crippen LogP contribution in [-0.2, 0) is 22.6 Å². The number of hydrogen-bond donors (Lipinski definition) is 2. The summed E-state index contributed by atoms with van der Waals surface area (Å²) in [5, 5.41) is 17.2. The first-order valence-corrected chi connectivity index (χ1v) is 16.4. The molecule has 1 aliphatic rings. The van der Waals surface area contributed by atoms with Gasteiger partial charge in [0.15, 0.2) is 5.84 Å². The van der Waals surface area contributed by atoms with Gasteiger partial charge in [-0.25, -0.2) is 9.59 Å². The Balaban J connectivity index is 1.78. The molecule has 1 fully saturated rings. The van der Waals surface area contributed by atoms with Crippen LogP contribution in [0.3, 0.4) is 0 Å². The summed E-state index contributed by atoms with van der Waals surface area (Å²) in [5.41, 5.74) is 2.17. The normalized spacial score (nSPS) is 16.0. The first-order valence-electron chi connectivity index (χ1n) is 16.1. The van der Waals surface area contributed by atoms with E-state index < -0.39 is 29.9 Å². The number of methoxy groups -OCH3 is 4. The number of aromatic carboxylic acids is 1. The molecule has 0 bridgehead atoms. The van der Waals surface area contributed by atoms with Gasteiger partial charge in [0.05, 0.1) is 64.6 Å². The predicted molar refractivity (Wildman–Crippen MR) is 187 cm³/mol. The molecule has 0 saturated carbocycles. The van der Waals surface area contributed by atoms with E-state index in [-0.39, 0.29) is 38.2 Å². The molecular weight excluding hydrogens is 668 g/mol. The quantitative estimate of drug-likeness (QED) is 0.197. The molecule has 0 radical (unpaired) electrons. The number of carboxylic acid groups (broad SMARTS) is 1. The van der Waals surface area contributed by atoms with Crippen molar-refractivity contribution in [2.24, 2.45) is 11.1 Å². The molecule has 3 amide bonds. The maximum atomic E-state index is 14.5. The Morgan fingerprint density at radius 3 is 2.18 bits per heavy atom. The van der Waals surface area contributed by atoms with Crippen molar-refractivity contribution in [2.45, 2.75) is 39.3 Å². The maximum Gasteiger partial charge on any atom is 0.335 e. The number of ether oxygens (including phenoxy) is 4. The summed E-state index contributed by atoms with van der Waals surface area (Å²) in [7, 11) is 6.16. The molecule has 0 unspecified atom stereocenters. The van der Waals surface area contributed by atoms with E-state index in [4.69, 9.17) is 35.4 Å². The number of imide groups is 1. The number of hydrogen-bond acceptors (Lipinski definition) is 9. The van der Waals surface area contributed by atoms with Gasteiger partial charge < -0.3 is 39.1 Å². The zero-order chi connectivity index (χ0) is 36.4. The van der Waals surface area contributed by atoms with Gasteiger partial charge in [-0.2, -0.15) is 0 Å². The van der Waals surface area contributed by atoms with Gasteiger partial charge in [0, 0.05) is 23.7 Å². The number of amidine groups is 1. The third-order valence-electron chi connectivity index (χ3n) is 8.41. The topological polar surface area (TPSA) is 148 Å². The molecule has 0 aliphatic carbocycles. The van der Waals surface area contributed by atoms with Crippen molar-refractivity contribution in [1.29, 1.82) is 0 Å². The van der Waals surface area contributed by atoms with Crippen molar-refractivity contribution in [3.05, 3.63) is 81.9 Å². The van der Waals surface area contributed by atoms with Gasteiger partial charge in [0.25, 0.3) is 0 Å². The Kier molecular flexibility index (Phi) is 13.2. The highest BCUT2D eigenvalue weighted by Gasteiger charge is 2.38. The number of nitrogens with one attached hydrogen (secondary N) is 1. The number of urea groups is 1. The summed E-state index contributed by atoms with van der Waals surface area (Å²) in [6.45, 7) is 4.03. The molecule has 1 saturated heterocycles. The number of carbonyl (C=O) groups is 3. The van der Waals surface area contributed by atoms with Crippen LogP contribution in [0.25, 0.3) is 0 Å². The van der Waals surface area contributed by atoms with Crippen LogP contribution in [0.5, 0.6) is 23.0 Å². The Morgan fingerprint density at radius 2 is 1.62 bits per heavy atom. The number of benzene rings is 3. The fourth-order valence-electron chi connectivity index (χ4n) is 5.80. The third kappa shape index (κ3) is 8.89. The summed E-state index contributed by atoms with van der Waals surface area (Å²) in [4.78, 5) is 48.5. The summed E-state index contributed by atoms with van der Waals surface area (Å²) >= 11 is 6.37. The van der Waals surface area contributed by atoms with Crippen molar-refractivity contribution in [1.82, 2.24) is 15.1 Å². The molecule has 2 N–H and O–H groups in total. The lowest BCUT2D eigenvalue weighted by Gasteiger charge is -2.27. The second-order valence-electron chi connectivity index (χ2n) is 11.4. The lowest BCUT2D eigenvalue weighted by atomic mass is 9.96. The van der Waals surface area contributed by atoms with E-state index in [2.05, 4.69) is 10.5 Å². The predicted octanol–water partition coefficient (Wildman–Crippen LogP) is 5.79. The highest BCUT2D eigenvalue weighted by atomic mass is 35.5. The van der Waals surface area contributed by atoms with Gasteiger partial charge in [0.1, 0.15) is 29.6 Å². The molecule has 268 valence electrons. The number of rotatable bonds is 14. The zero-order valence-corrected chi connectivity index (χ0v) is 29.8. The standard InChI is InChI=1S/C36H43ClN4O9/c1-7-29(22-9-11-23(12-10-22)35(43)44)38-36(45)41-21-33(39-50-8-2)40(20-28-31(48-5)17-27(46-3)18-32(28)49-6)19-25(34(41)42)15-24-16-26(37)13-14-30(24)47-4/h9-14,16-18,25,29H,7-8,15,19-21H2,1-6H3,(H,38,45)(H,43,44)/t25-,29-/m1/s1. The van der Waals surface area contributed by atoms with E-state index in [1.54, 1.807) is 70.7 Å². The minimum Gasteiger partial charge on any atom is -0.496 e. The van der Waals surface area contributed by atoms with Crippen LogP contribution in [0.4, 0.5) is 4.79 Å². The summed E-state index contributed by atoms with van der Waals surface area (Å²) in [5.74, 6) is 0.134. The third-order valence-corrected chi connectivity index (χ3v) is 8.64. The van der Waals surface area contributed by atoms with Crippen LogP contribution in [0.15, 0.2) is 59.8 Å². The van der Waals surface area contributed by atoms with E-state index in [0.717, 1.165) is 4.90 Å². The van der Waals surface area contributed by atoms with Gasteiger partial charge in [-0.05, 0) is 61.2 Å². The number of amides is 3. The van der Waals surface area contributed by atoms with E-state index in [0.29, 0.717) is 57.0 Å². The van der Waals surface area contributed by atoms with Crippen LogP contribution < -0.4 is 24.3 Å². The van der Waals surface area contributed by atoms with Crippen molar-refractivity contribution in [3.8, 4) is 23.0 Å². The lowest BCUT2D eigenvalue weighted by molar-refractivity contribution is -0.131. The van der Waals surface area contributed by atoms with E-state index in [1.165, 1.54) is 19.2 Å². The Hall–Kier alpha value is -5.17. The number of halogens is 1. The van der Waals surface area contributed by atoms with Gasteiger partial charge in [0.2, 0.25) is 5.91 Å². The lowest BCUT2D eigenvalue weighted by Crippen LogP contribution is -2.48. The highest BCUT2D eigenvalue weighted by molar-refractivity contribution is 6.30. The number of oxime groups is 1. The smallest absolute Gasteiger partial charge is 0.335 e. The fourth-order valence-corrected chi connectivity index (χ4v) is 5.99. The Bertz CT molecular complexity index is 1670. The molecule has 3 aromatic rings. The van der Waals surface area contributed by atoms with Crippen molar-refractivity contribution < 1.29 is 43.3 Å². The average molecular weight is 711 g/mol. The first-order chi connectivity index (χ1) is 24.1. The van der Waals surface area contributed by atoms with Crippen molar-refractivity contribution in [3.63, 3.8) is 0 Å². The van der Waals surface area contributed by atoms with Gasteiger partial charge >= 0.3 is 12.0 Å². The average Bonchev–Trinajstić information content (AvgIpc) is 3.25. The molecule has 0 spiro atoms. The van der Waals surface area contributed by atoms with Gasteiger partial charge in [-0.15, -0.1) is 0 Å². The van der Waals surface area contributed by atoms with Crippen LogP contribution in [0, 0.1) is 5.92 Å². The molecule has 13 nitrogen and oxygen atoms in total. The minimum absolute atomic E-state index is 0.124. The molecule has 4 rings (SSSR count). The largest absolute Gasteiger partial charge is 0.496 e. The van der Waals surface area contributed by atoms with Crippen molar-refractivity contribution in [2.75, 3.05) is 48.1 Å². The second-order valence-corrected chi connectivity index (χ2v) is 11.9. The number of nitrogens with zero attached hydrogens (tertiary/aromatic N) is 3. The van der Waals surface area contributed by atoms with Crippen LogP contribution in [0.1, 0.15) is 53.4 Å². The summed E-state index contributed by atoms with van der Waals surface area (Å²) in [6, 6.07) is 13.8. The maximum absolute atomic E-state index is 14.5. The monoisotopic (exact) mass is 710 g/mol. The molecule has 3 aromatic carbocycles. The molecule has 0 aromatic heterocycles. The second kappa shape index (κ2) is 17.5. The molecule has 1 aliphatic heterocycles. The van der Waals surface area contributed by atoms with Gasteiger partial charge in [-0.3, -0.25) is 9.69 Å². The first kappa shape index (κ1) is 37.6. The molecular formula is C36H43ClN4O9. The zero-order valence-electron chi connectivity index (χ0n) is 29.0. The Morgan fingerprint density at radius 1 is 0.960 bits per heavy atom. The molecule has 14 heteroatoms. The van der Waals surface area contributed by atoms with E-state index in [1.807, 2.05) is 11.8 Å². The molecule has 1 heterocycles. The number of carboxylic acids is 1.